The molecule has 0 amide bonds. The second kappa shape index (κ2) is 26.1. The number of rotatable bonds is 8. The Morgan fingerprint density at radius 2 is 0.490 bits per heavy atom. The summed E-state index contributed by atoms with van der Waals surface area (Å²) in [7, 11) is -1.54. The lowest BCUT2D eigenvalue weighted by molar-refractivity contribution is 0.426. The summed E-state index contributed by atoms with van der Waals surface area (Å²) >= 11 is 3.56. The third kappa shape index (κ3) is 11.1. The average molecular weight is 1290 g/mol. The largest absolute Gasteiger partial charge is 0.489 e. The van der Waals surface area contributed by atoms with Gasteiger partial charge in [0.05, 0.1) is 0 Å². The van der Waals surface area contributed by atoms with Crippen LogP contribution in [-0.4, -0.2) is 17.2 Å². The Morgan fingerprint density at radius 1 is 0.188 bits per heavy atom. The van der Waals surface area contributed by atoms with Crippen molar-refractivity contribution < 1.29 is 10.0 Å². The van der Waals surface area contributed by atoms with Crippen LogP contribution in [0.1, 0.15) is 0 Å². The summed E-state index contributed by atoms with van der Waals surface area (Å²) in [4.78, 5) is 0. The molecule has 0 aliphatic carbocycles. The van der Waals surface area contributed by atoms with Gasteiger partial charge >= 0.3 is 7.12 Å². The zero-order chi connectivity index (χ0) is 64.5. The first-order chi connectivity index (χ1) is 47.4. The maximum atomic E-state index is 10.2. The van der Waals surface area contributed by atoms with Crippen molar-refractivity contribution in [2.45, 2.75) is 0 Å². The molecule has 96 heavy (non-hydrogen) atoms. The van der Waals surface area contributed by atoms with Gasteiger partial charge in [-0.3, -0.25) is 0 Å². The van der Waals surface area contributed by atoms with Gasteiger partial charge in [0.15, 0.2) is 0 Å². The first-order valence-corrected chi connectivity index (χ1v) is 33.4. The fourth-order valence-electron chi connectivity index (χ4n) is 14.7. The lowest BCUT2D eigenvalue weighted by Crippen LogP contribution is -2.31. The van der Waals surface area contributed by atoms with Gasteiger partial charge in [0.2, 0.25) is 0 Å². The minimum atomic E-state index is -1.54. The molecular formula is C92H62BBrO2. The van der Waals surface area contributed by atoms with Crippen LogP contribution in [-0.2, 0) is 0 Å². The molecule has 452 valence electrons. The predicted molar refractivity (Wildman–Crippen MR) is 415 cm³/mol. The summed E-state index contributed by atoms with van der Waals surface area (Å²) in [5, 5.41) is 39.5. The second-order valence-electron chi connectivity index (χ2n) is 24.4. The summed E-state index contributed by atoms with van der Waals surface area (Å²) in [6.07, 6.45) is 0. The van der Waals surface area contributed by atoms with E-state index >= 15 is 0 Å². The minimum absolute atomic E-state index is 0.553. The first-order valence-electron chi connectivity index (χ1n) is 32.6. The molecule has 0 unspecified atom stereocenters. The highest BCUT2D eigenvalue weighted by molar-refractivity contribution is 9.10. The van der Waals surface area contributed by atoms with Crippen molar-refractivity contribution in [2.75, 3.05) is 0 Å². The summed E-state index contributed by atoms with van der Waals surface area (Å²) < 4.78 is 1.11. The van der Waals surface area contributed by atoms with Crippen LogP contribution in [0.3, 0.4) is 0 Å². The van der Waals surface area contributed by atoms with Crippen LogP contribution in [0.4, 0.5) is 0 Å². The van der Waals surface area contributed by atoms with Crippen LogP contribution >= 0.6 is 15.9 Å². The maximum absolute atomic E-state index is 10.2. The van der Waals surface area contributed by atoms with E-state index < -0.39 is 7.12 Å². The summed E-state index contributed by atoms with van der Waals surface area (Å²) in [5.74, 6) is 0. The van der Waals surface area contributed by atoms with Crippen molar-refractivity contribution in [2.24, 2.45) is 0 Å². The number of fused-ring (bicyclic) bond motifs is 10. The molecule has 4 heteroatoms. The van der Waals surface area contributed by atoms with Crippen molar-refractivity contribution in [1.29, 1.82) is 0 Å². The number of hydrogen-bond acceptors (Lipinski definition) is 2. The summed E-state index contributed by atoms with van der Waals surface area (Å²) in [6.45, 7) is 0. The molecule has 0 spiro atoms. The van der Waals surface area contributed by atoms with Crippen molar-refractivity contribution in [1.82, 2.24) is 0 Å². The van der Waals surface area contributed by atoms with E-state index in [1.807, 2.05) is 54.6 Å². The molecule has 18 aromatic carbocycles. The Balaban J connectivity index is 0.000000124. The fourth-order valence-corrected chi connectivity index (χ4v) is 15.1. The Hall–Kier alpha value is -11.5. The lowest BCUT2D eigenvalue weighted by Gasteiger charge is -2.20. The van der Waals surface area contributed by atoms with E-state index in [2.05, 4.69) is 325 Å². The van der Waals surface area contributed by atoms with E-state index in [0.717, 1.165) is 48.3 Å². The van der Waals surface area contributed by atoms with Gasteiger partial charge in [-0.05, 0) is 188 Å². The van der Waals surface area contributed by atoms with Crippen molar-refractivity contribution in [3.63, 3.8) is 0 Å². The zero-order valence-corrected chi connectivity index (χ0v) is 54.1. The maximum Gasteiger partial charge on any atom is 0.489 e. The van der Waals surface area contributed by atoms with Crippen LogP contribution < -0.4 is 5.46 Å². The Bertz CT molecular complexity index is 5850. The molecule has 0 aliphatic rings. The molecule has 0 radical (unpaired) electrons. The SMILES string of the molecule is Brc1cccc(-c2cccc3c2ccc2ccccc23)c1.OB(O)c1c2ccccc2c(-c2ccccc2-c2ccccc2)c2ccccc12.c1ccc(-c2ccccc2-c2c3ccccc3c(-c3cccc(-c4cccc5c4ccc4ccccc45)c3)c3ccccc23)cc1. The Morgan fingerprint density at radius 3 is 0.927 bits per heavy atom. The standard InChI is InChI=1S/C46H30.C26H19BO2.C20H13Br/c1-2-14-31(15-3-1)36-20-6-7-21-40(36)46-43-24-10-8-22-41(43)45(42-23-9-11-25-44(42)46)34-18-12-17-33(30-34)37-26-13-27-38-35-19-5-4-16-32(35)28-29-39(37)38;28-27(29)26-23-16-8-6-14-21(23)25(22-15-7-9-17-24(22)26)20-13-5-4-12-19(20)18-10-2-1-3-11-18;21-16-7-3-6-15(13-16)18-9-4-10-19-17-8-2-1-5-14(17)11-12-20(18)19/h1-30H;1-17,28-29H;1-13H. The van der Waals surface area contributed by atoms with E-state index in [0.29, 0.717) is 5.46 Å². The second-order valence-corrected chi connectivity index (χ2v) is 25.3. The average Bonchev–Trinajstić information content (AvgIpc) is 0.744. The molecular weight excluding hydrogens is 1230 g/mol. The molecule has 0 saturated carbocycles. The van der Waals surface area contributed by atoms with Crippen molar-refractivity contribution in [3.05, 3.63) is 368 Å². The molecule has 0 aromatic heterocycles. The van der Waals surface area contributed by atoms with Crippen LogP contribution in [0, 0.1) is 0 Å². The molecule has 0 aliphatic heterocycles. The third-order valence-electron chi connectivity index (χ3n) is 18.9. The summed E-state index contributed by atoms with van der Waals surface area (Å²) in [6, 6.07) is 129. The third-order valence-corrected chi connectivity index (χ3v) is 19.4. The van der Waals surface area contributed by atoms with E-state index in [1.54, 1.807) is 0 Å². The van der Waals surface area contributed by atoms with E-state index in [4.69, 9.17) is 0 Å². The van der Waals surface area contributed by atoms with Gasteiger partial charge in [-0.25, -0.2) is 0 Å². The van der Waals surface area contributed by atoms with Crippen molar-refractivity contribution in [3.8, 4) is 77.9 Å². The molecule has 0 saturated heterocycles. The summed E-state index contributed by atoms with van der Waals surface area (Å²) in [5.41, 5.74) is 17.6. The molecule has 2 N–H and O–H groups in total. The molecule has 2 nitrogen and oxygen atoms in total. The minimum Gasteiger partial charge on any atom is -0.423 e. The predicted octanol–water partition coefficient (Wildman–Crippen LogP) is 24.4. The molecule has 0 heterocycles. The van der Waals surface area contributed by atoms with Gasteiger partial charge in [-0.2, -0.15) is 0 Å². The fraction of sp³-hybridized carbons (Fsp3) is 0. The van der Waals surface area contributed by atoms with Gasteiger partial charge < -0.3 is 10.0 Å². The molecule has 18 rings (SSSR count). The van der Waals surface area contributed by atoms with Gasteiger partial charge in [-0.15, -0.1) is 0 Å². The van der Waals surface area contributed by atoms with Crippen LogP contribution in [0.15, 0.2) is 368 Å². The smallest absolute Gasteiger partial charge is 0.423 e. The molecule has 0 atom stereocenters. The number of halogens is 1. The van der Waals surface area contributed by atoms with Gasteiger partial charge in [0, 0.05) is 4.47 Å². The number of hydrogen-bond donors (Lipinski definition) is 2. The van der Waals surface area contributed by atoms with Gasteiger partial charge in [-0.1, -0.05) is 362 Å². The normalized spacial score (nSPS) is 11.3. The highest BCUT2D eigenvalue weighted by atomic mass is 79.9. The molecule has 0 fully saturated rings. The quantitative estimate of drug-likeness (QED) is 0.0904. The molecule has 18 aromatic rings. The van der Waals surface area contributed by atoms with Gasteiger partial charge in [0.1, 0.15) is 0 Å². The topological polar surface area (TPSA) is 40.5 Å². The zero-order valence-electron chi connectivity index (χ0n) is 52.5. The highest BCUT2D eigenvalue weighted by Gasteiger charge is 2.24. The van der Waals surface area contributed by atoms with E-state index in [-0.39, 0.29) is 0 Å². The van der Waals surface area contributed by atoms with Crippen LogP contribution in [0.2, 0.25) is 0 Å². The Kier molecular flexibility index (Phi) is 16.2. The van der Waals surface area contributed by atoms with Crippen LogP contribution in [0.5, 0.6) is 0 Å². The number of benzene rings is 18. The molecule has 0 bridgehead atoms. The van der Waals surface area contributed by atoms with E-state index in [1.165, 1.54) is 120 Å². The van der Waals surface area contributed by atoms with E-state index in [9.17, 15) is 10.0 Å². The van der Waals surface area contributed by atoms with Crippen LogP contribution in [0.25, 0.3) is 164 Å². The monoisotopic (exact) mass is 1290 g/mol. The lowest BCUT2D eigenvalue weighted by atomic mass is 9.72. The first kappa shape index (κ1) is 59.5. The van der Waals surface area contributed by atoms with Gasteiger partial charge in [0.25, 0.3) is 0 Å². The highest BCUT2D eigenvalue weighted by Crippen LogP contribution is 2.48. The Labute approximate surface area is 567 Å². The van der Waals surface area contributed by atoms with Crippen molar-refractivity contribution >= 4 is 115 Å².